The fourth-order valence-corrected chi connectivity index (χ4v) is 6.80. The van der Waals surface area contributed by atoms with E-state index in [-0.39, 0.29) is 11.9 Å². The molecule has 0 unspecified atom stereocenters. The van der Waals surface area contributed by atoms with Crippen LogP contribution in [0.25, 0.3) is 10.9 Å². The van der Waals surface area contributed by atoms with Crippen molar-refractivity contribution in [3.8, 4) is 0 Å². The molecule has 1 aromatic heterocycles. The van der Waals surface area contributed by atoms with E-state index in [0.717, 1.165) is 27.4 Å². The lowest BCUT2D eigenvalue weighted by Crippen LogP contribution is -2.07. The molecule has 0 amide bonds. The third-order valence-electron chi connectivity index (χ3n) is 4.84. The first kappa shape index (κ1) is 19.6. The maximum atomic E-state index is 12.0. The molecule has 2 aromatic carbocycles. The van der Waals surface area contributed by atoms with Gasteiger partial charge in [-0.15, -0.1) is 0 Å². The minimum atomic E-state index is -0.158. The number of rotatable bonds is 4. The number of hydrogen-bond donors (Lipinski definition) is 0. The van der Waals surface area contributed by atoms with Gasteiger partial charge in [-0.05, 0) is 65.4 Å². The average molecular weight is 577 g/mol. The van der Waals surface area contributed by atoms with Gasteiger partial charge in [-0.1, -0.05) is 39.3 Å². The van der Waals surface area contributed by atoms with Crippen LogP contribution in [0.5, 0.6) is 0 Å². The monoisotopic (exact) mass is 575 g/mol. The highest BCUT2D eigenvalue weighted by Gasteiger charge is 2.32. The van der Waals surface area contributed by atoms with Crippen LogP contribution in [0, 0.1) is 3.57 Å². The molecular formula is C20H16BrClINO2S. The van der Waals surface area contributed by atoms with Gasteiger partial charge in [0.2, 0.25) is 0 Å². The van der Waals surface area contributed by atoms with Crippen LogP contribution < -0.4 is 0 Å². The van der Waals surface area contributed by atoms with Gasteiger partial charge in [-0.3, -0.25) is 4.79 Å². The van der Waals surface area contributed by atoms with Gasteiger partial charge >= 0.3 is 5.97 Å². The summed E-state index contributed by atoms with van der Waals surface area (Å²) >= 11 is 13.9. The van der Waals surface area contributed by atoms with E-state index in [4.69, 9.17) is 16.3 Å². The first-order chi connectivity index (χ1) is 13.0. The zero-order chi connectivity index (χ0) is 19.1. The number of benzene rings is 2. The van der Waals surface area contributed by atoms with Crippen molar-refractivity contribution in [2.24, 2.45) is 0 Å². The van der Waals surface area contributed by atoms with E-state index in [0.29, 0.717) is 6.42 Å². The van der Waals surface area contributed by atoms with Gasteiger partial charge < -0.3 is 9.30 Å². The highest BCUT2D eigenvalue weighted by atomic mass is 127. The molecule has 0 radical (unpaired) electrons. The lowest BCUT2D eigenvalue weighted by molar-refractivity contribution is -0.141. The molecule has 0 fully saturated rings. The Morgan fingerprint density at radius 1 is 1.37 bits per heavy atom. The normalized spacial score (nSPS) is 15.9. The fourth-order valence-electron chi connectivity index (χ4n) is 3.65. The molecule has 4 rings (SSSR count). The van der Waals surface area contributed by atoms with Crippen molar-refractivity contribution in [1.82, 2.24) is 4.57 Å². The number of hydrogen-bond acceptors (Lipinski definition) is 3. The second-order valence-electron chi connectivity index (χ2n) is 6.47. The van der Waals surface area contributed by atoms with Gasteiger partial charge in [0.25, 0.3) is 0 Å². The topological polar surface area (TPSA) is 31.2 Å². The molecule has 0 bridgehead atoms. The lowest BCUT2D eigenvalue weighted by atomic mass is 10.00. The van der Waals surface area contributed by atoms with Crippen molar-refractivity contribution < 1.29 is 9.53 Å². The average Bonchev–Trinajstić information content (AvgIpc) is 3.17. The Labute approximate surface area is 189 Å². The van der Waals surface area contributed by atoms with Gasteiger partial charge in [0.15, 0.2) is 0 Å². The maximum Gasteiger partial charge on any atom is 0.306 e. The Morgan fingerprint density at radius 3 is 2.81 bits per heavy atom. The minimum absolute atomic E-state index is 0.158. The number of ether oxygens (including phenoxy) is 1. The van der Waals surface area contributed by atoms with Crippen LogP contribution in [0.3, 0.4) is 0 Å². The molecular weight excluding hydrogens is 561 g/mol. The second-order valence-corrected chi connectivity index (χ2v) is 10.1. The van der Waals surface area contributed by atoms with Crippen molar-refractivity contribution in [3.63, 3.8) is 0 Å². The summed E-state index contributed by atoms with van der Waals surface area (Å²) < 4.78 is 9.57. The van der Waals surface area contributed by atoms with Crippen molar-refractivity contribution in [1.29, 1.82) is 0 Å². The minimum Gasteiger partial charge on any atom is -0.469 e. The first-order valence-electron chi connectivity index (χ1n) is 8.49. The largest absolute Gasteiger partial charge is 0.469 e. The molecule has 0 saturated heterocycles. The predicted molar refractivity (Wildman–Crippen MR) is 122 cm³/mol. The van der Waals surface area contributed by atoms with E-state index in [9.17, 15) is 4.79 Å². The van der Waals surface area contributed by atoms with E-state index in [1.165, 1.54) is 32.2 Å². The molecule has 27 heavy (non-hydrogen) atoms. The third-order valence-corrected chi connectivity index (χ3v) is 7.46. The molecule has 0 aliphatic carbocycles. The van der Waals surface area contributed by atoms with E-state index in [1.54, 1.807) is 11.8 Å². The number of aromatic nitrogens is 1. The summed E-state index contributed by atoms with van der Waals surface area (Å²) in [7, 11) is 1.45. The molecule has 0 N–H and O–H groups in total. The van der Waals surface area contributed by atoms with Crippen molar-refractivity contribution >= 4 is 78.8 Å². The van der Waals surface area contributed by atoms with E-state index >= 15 is 0 Å². The van der Waals surface area contributed by atoms with Crippen molar-refractivity contribution in [3.05, 3.63) is 55.2 Å². The number of nitrogens with zero attached hydrogens (tertiary/aromatic N) is 1. The molecule has 0 saturated carbocycles. The zero-order valence-corrected chi connectivity index (χ0v) is 19.8. The molecule has 3 aromatic rings. The molecule has 2 heterocycles. The van der Waals surface area contributed by atoms with Crippen LogP contribution in [-0.4, -0.2) is 17.6 Å². The highest BCUT2D eigenvalue weighted by Crippen LogP contribution is 2.49. The van der Waals surface area contributed by atoms with E-state index < -0.39 is 0 Å². The van der Waals surface area contributed by atoms with Crippen LogP contribution in [0.1, 0.15) is 24.5 Å². The van der Waals surface area contributed by atoms with Crippen LogP contribution in [-0.2, 0) is 16.1 Å². The van der Waals surface area contributed by atoms with Crippen LogP contribution in [0.15, 0.2) is 50.7 Å². The molecule has 0 spiro atoms. The maximum absolute atomic E-state index is 12.0. The first-order valence-corrected chi connectivity index (χ1v) is 11.6. The molecule has 1 atom stereocenters. The summed E-state index contributed by atoms with van der Waals surface area (Å²) in [5, 5.41) is 1.94. The molecule has 140 valence electrons. The highest BCUT2D eigenvalue weighted by molar-refractivity contribution is 14.1. The SMILES string of the molecule is COC(=O)C[C@@H]1CCn2c1c(Sc1ccc(Cl)cc1)c1c(Br)cc(I)cc12. The number of esters is 1. The quantitative estimate of drug-likeness (QED) is 0.251. The Bertz CT molecular complexity index is 1030. The van der Waals surface area contributed by atoms with Crippen LogP contribution >= 0.6 is 61.9 Å². The van der Waals surface area contributed by atoms with Crippen LogP contribution in [0.4, 0.5) is 0 Å². The number of halogens is 3. The standard InChI is InChI=1S/C20H16BrClINO2S/c1-26-17(25)8-11-6-7-24-16-10-13(23)9-15(21)18(16)20(19(11)24)27-14-4-2-12(22)3-5-14/h2-5,9-11H,6-8H2,1H3/t11-/m0/s1. The van der Waals surface area contributed by atoms with E-state index in [1.807, 2.05) is 24.3 Å². The summed E-state index contributed by atoms with van der Waals surface area (Å²) in [5.74, 6) is 0.0130. The van der Waals surface area contributed by atoms with Gasteiger partial charge in [0.1, 0.15) is 0 Å². The number of carbonyl (C=O) groups excluding carboxylic acids is 1. The predicted octanol–water partition coefficient (Wildman–Crippen LogP) is 6.86. The Morgan fingerprint density at radius 2 is 2.11 bits per heavy atom. The number of aryl methyl sites for hydroxylation is 1. The summed E-state index contributed by atoms with van der Waals surface area (Å²) in [6.07, 6.45) is 1.37. The summed E-state index contributed by atoms with van der Waals surface area (Å²) in [5.41, 5.74) is 2.45. The molecule has 1 aliphatic heterocycles. The second kappa shape index (κ2) is 7.97. The van der Waals surface area contributed by atoms with E-state index in [2.05, 4.69) is 55.2 Å². The third kappa shape index (κ3) is 3.78. The molecule has 7 heteroatoms. The van der Waals surface area contributed by atoms with Gasteiger partial charge in [0.05, 0.1) is 19.0 Å². The number of fused-ring (bicyclic) bond motifs is 3. The van der Waals surface area contributed by atoms with Gasteiger partial charge in [0, 0.05) is 46.4 Å². The smallest absolute Gasteiger partial charge is 0.306 e. The van der Waals surface area contributed by atoms with Gasteiger partial charge in [-0.25, -0.2) is 0 Å². The lowest BCUT2D eigenvalue weighted by Gasteiger charge is -2.12. The summed E-state index contributed by atoms with van der Waals surface area (Å²) in [6.45, 7) is 0.918. The summed E-state index contributed by atoms with van der Waals surface area (Å²) in [6, 6.07) is 12.2. The number of carbonyl (C=O) groups is 1. The van der Waals surface area contributed by atoms with Gasteiger partial charge in [-0.2, -0.15) is 0 Å². The summed E-state index contributed by atoms with van der Waals surface area (Å²) in [4.78, 5) is 14.3. The Kier molecular flexibility index (Phi) is 5.79. The van der Waals surface area contributed by atoms with Crippen molar-refractivity contribution in [2.75, 3.05) is 7.11 Å². The molecule has 3 nitrogen and oxygen atoms in total. The van der Waals surface area contributed by atoms with Crippen molar-refractivity contribution in [2.45, 2.75) is 35.1 Å². The zero-order valence-electron chi connectivity index (χ0n) is 14.5. The molecule has 1 aliphatic rings. The Hall–Kier alpha value is -0.700. The van der Waals surface area contributed by atoms with Crippen LogP contribution in [0.2, 0.25) is 5.02 Å². The fraction of sp³-hybridized carbons (Fsp3) is 0.250. The Balaban J connectivity index is 1.88. The number of methoxy groups -OCH3 is 1.